The highest BCUT2D eigenvalue weighted by Gasteiger charge is 1.95. The number of carbonyl (C=O) groups is 1. The van der Waals surface area contributed by atoms with E-state index < -0.39 is 32.2 Å². The van der Waals surface area contributed by atoms with E-state index >= 15 is 0 Å². The van der Waals surface area contributed by atoms with Crippen molar-refractivity contribution in [3.8, 4) is 0 Å². The minimum absolute atomic E-state index is 0.100. The van der Waals surface area contributed by atoms with Crippen LogP contribution in [-0.4, -0.2) is 19.2 Å². The van der Waals surface area contributed by atoms with Crippen molar-refractivity contribution in [2.45, 2.75) is 26.5 Å². The van der Waals surface area contributed by atoms with Gasteiger partial charge in [-0.2, -0.15) is 0 Å². The fourth-order valence-corrected chi connectivity index (χ4v) is 0.281. The van der Waals surface area contributed by atoms with Crippen LogP contribution in [0.3, 0.4) is 0 Å². The zero-order valence-electron chi connectivity index (χ0n) is 14.5. The maximum absolute atomic E-state index is 11.1. The molecule has 0 aliphatic heterocycles. The highest BCUT2D eigenvalue weighted by Crippen LogP contribution is 1.83. The molecule has 0 aromatic rings. The minimum atomic E-state index is -3.51. The fourth-order valence-electron chi connectivity index (χ4n) is 0.281. The van der Waals surface area contributed by atoms with Crippen molar-refractivity contribution < 1.29 is 21.9 Å². The monoisotopic (exact) mass is 154 g/mol. The summed E-state index contributed by atoms with van der Waals surface area (Å²) in [5.41, 5.74) is 0. The standard InChI is InChI=1S/C7H15NO2/c1-3-5-6-8-7(9)10-4-2/h3-6H2,1-2H3,(H,8,9)/i1D3,3D2,5D2,6D2. The van der Waals surface area contributed by atoms with Gasteiger partial charge in [0.1, 0.15) is 0 Å². The van der Waals surface area contributed by atoms with Crippen molar-refractivity contribution in [2.75, 3.05) is 13.1 Å². The van der Waals surface area contributed by atoms with Gasteiger partial charge < -0.3 is 10.1 Å². The van der Waals surface area contributed by atoms with E-state index in [0.29, 0.717) is 0 Å². The van der Waals surface area contributed by atoms with E-state index in [9.17, 15) is 4.79 Å². The molecule has 0 saturated heterocycles. The van der Waals surface area contributed by atoms with E-state index in [-0.39, 0.29) is 6.61 Å². The summed E-state index contributed by atoms with van der Waals surface area (Å²) < 4.78 is 69.3. The van der Waals surface area contributed by atoms with Crippen molar-refractivity contribution in [3.63, 3.8) is 0 Å². The topological polar surface area (TPSA) is 38.3 Å². The first kappa shape index (κ1) is 2.13. The molecule has 10 heavy (non-hydrogen) atoms. The SMILES string of the molecule is [2H]C([2H])([2H])C([2H])([2H])C([2H])([2H])C([2H])([2H])NC(=O)OCC. The molecular weight excluding hydrogens is 130 g/mol. The fraction of sp³-hybridized carbons (Fsp3) is 0.857. The number of hydrogen-bond acceptors (Lipinski definition) is 2. The molecule has 0 aliphatic rings. The largest absolute Gasteiger partial charge is 0.450 e. The van der Waals surface area contributed by atoms with Crippen LogP contribution in [0.15, 0.2) is 0 Å². The number of carbonyl (C=O) groups excluding carboxylic acids is 1. The van der Waals surface area contributed by atoms with E-state index in [1.165, 1.54) is 12.2 Å². The molecule has 1 amide bonds. The van der Waals surface area contributed by atoms with E-state index in [1.54, 1.807) is 0 Å². The zero-order chi connectivity index (χ0) is 15.7. The summed E-state index contributed by atoms with van der Waals surface area (Å²) in [7, 11) is 0. The second-order valence-corrected chi connectivity index (χ2v) is 1.22. The second kappa shape index (κ2) is 6.39. The summed E-state index contributed by atoms with van der Waals surface area (Å²) >= 11 is 0. The lowest BCUT2D eigenvalue weighted by atomic mass is 10.3. The van der Waals surface area contributed by atoms with Crippen molar-refractivity contribution in [1.29, 1.82) is 0 Å². The molecule has 0 fully saturated rings. The Morgan fingerprint density at radius 2 is 2.70 bits per heavy atom. The van der Waals surface area contributed by atoms with Gasteiger partial charge in [-0.15, -0.1) is 0 Å². The molecule has 0 aliphatic carbocycles. The van der Waals surface area contributed by atoms with Crippen molar-refractivity contribution in [2.24, 2.45) is 0 Å². The number of alkyl carbamates (subject to hydrolysis) is 1. The Labute approximate surface area is 74.4 Å². The molecule has 0 saturated carbocycles. The Kier molecular flexibility index (Phi) is 1.36. The maximum atomic E-state index is 11.1. The van der Waals surface area contributed by atoms with Gasteiger partial charge in [-0.05, 0) is 13.3 Å². The lowest BCUT2D eigenvalue weighted by Gasteiger charge is -2.02. The first-order valence-corrected chi connectivity index (χ1v) is 2.65. The summed E-state index contributed by atoms with van der Waals surface area (Å²) in [4.78, 5) is 11.1. The van der Waals surface area contributed by atoms with Gasteiger partial charge in [0.15, 0.2) is 0 Å². The molecule has 0 atom stereocenters. The average Bonchev–Trinajstić information content (AvgIpc) is 2.14. The van der Waals surface area contributed by atoms with Gasteiger partial charge in [0, 0.05) is 18.8 Å². The first-order chi connectivity index (χ1) is 8.20. The second-order valence-electron chi connectivity index (χ2n) is 1.22. The predicted octanol–water partition coefficient (Wildman–Crippen LogP) is 1.53. The summed E-state index contributed by atoms with van der Waals surface area (Å²) in [6.07, 6.45) is -8.32. The highest BCUT2D eigenvalue weighted by atomic mass is 16.5. The lowest BCUT2D eigenvalue weighted by molar-refractivity contribution is 0.152. The van der Waals surface area contributed by atoms with E-state index in [1.807, 2.05) is 0 Å². The van der Waals surface area contributed by atoms with Crippen LogP contribution in [0, 0.1) is 0 Å². The number of ether oxygens (including phenoxy) is 1. The molecular formula is C7H15NO2. The third-order valence-electron chi connectivity index (χ3n) is 0.565. The Morgan fingerprint density at radius 1 is 1.90 bits per heavy atom. The minimum Gasteiger partial charge on any atom is -0.450 e. The van der Waals surface area contributed by atoms with Gasteiger partial charge in [0.05, 0.1) is 6.61 Å². The van der Waals surface area contributed by atoms with Crippen LogP contribution < -0.4 is 5.32 Å². The molecule has 0 rings (SSSR count). The molecule has 0 spiro atoms. The quantitative estimate of drug-likeness (QED) is 0.667. The summed E-state index contributed by atoms with van der Waals surface area (Å²) in [6, 6.07) is 0. The summed E-state index contributed by atoms with van der Waals surface area (Å²) in [5.74, 6) is 0. The molecule has 0 radical (unpaired) electrons. The number of hydrogen-bond donors (Lipinski definition) is 1. The molecule has 0 aromatic carbocycles. The average molecular weight is 154 g/mol. The Hall–Kier alpha value is -0.730. The molecule has 0 heterocycles. The number of nitrogens with one attached hydrogen (secondary N) is 1. The van der Waals surface area contributed by atoms with E-state index in [4.69, 9.17) is 12.3 Å². The van der Waals surface area contributed by atoms with E-state index in [2.05, 4.69) is 4.74 Å². The Morgan fingerprint density at radius 3 is 3.30 bits per heavy atom. The molecule has 3 nitrogen and oxygen atoms in total. The van der Waals surface area contributed by atoms with Crippen LogP contribution in [0.25, 0.3) is 0 Å². The van der Waals surface area contributed by atoms with Gasteiger partial charge >= 0.3 is 6.09 Å². The van der Waals surface area contributed by atoms with Crippen molar-refractivity contribution in [1.82, 2.24) is 5.32 Å². The summed E-state index contributed by atoms with van der Waals surface area (Å²) in [6.45, 7) is -5.33. The predicted molar refractivity (Wildman–Crippen MR) is 39.9 cm³/mol. The van der Waals surface area contributed by atoms with Gasteiger partial charge in [-0.1, -0.05) is 13.2 Å². The molecule has 0 aromatic heterocycles. The van der Waals surface area contributed by atoms with Crippen LogP contribution >= 0.6 is 0 Å². The van der Waals surface area contributed by atoms with Crippen LogP contribution in [0.1, 0.15) is 38.9 Å². The van der Waals surface area contributed by atoms with Crippen molar-refractivity contribution in [3.05, 3.63) is 0 Å². The van der Waals surface area contributed by atoms with Gasteiger partial charge in [-0.25, -0.2) is 4.79 Å². The molecule has 1 N–H and O–H groups in total. The third kappa shape index (κ3) is 5.41. The van der Waals surface area contributed by atoms with Gasteiger partial charge in [0.25, 0.3) is 0 Å². The van der Waals surface area contributed by atoms with Gasteiger partial charge in [0.2, 0.25) is 0 Å². The highest BCUT2D eigenvalue weighted by molar-refractivity contribution is 5.66. The summed E-state index contributed by atoms with van der Waals surface area (Å²) in [5, 5.41) is 1.48. The van der Waals surface area contributed by atoms with E-state index in [0.717, 1.165) is 0 Å². The molecule has 60 valence electrons. The molecule has 0 bridgehead atoms. The zero-order valence-corrected chi connectivity index (χ0v) is 5.52. The lowest BCUT2D eigenvalue weighted by Crippen LogP contribution is -2.24. The molecule has 0 unspecified atom stereocenters. The Balaban J connectivity index is 5.33. The van der Waals surface area contributed by atoms with Crippen LogP contribution in [0.2, 0.25) is 0 Å². The van der Waals surface area contributed by atoms with Crippen LogP contribution in [0.5, 0.6) is 0 Å². The van der Waals surface area contributed by atoms with Crippen molar-refractivity contribution >= 4 is 6.09 Å². The number of rotatable bonds is 4. The molecule has 3 heteroatoms. The van der Waals surface area contributed by atoms with Crippen LogP contribution in [0.4, 0.5) is 4.79 Å². The Bertz CT molecular complexity index is 338. The number of amides is 1. The van der Waals surface area contributed by atoms with Gasteiger partial charge in [-0.3, -0.25) is 0 Å². The van der Waals surface area contributed by atoms with Crippen LogP contribution in [-0.2, 0) is 4.74 Å². The normalized spacial score (nSPS) is 27.9. The third-order valence-corrected chi connectivity index (χ3v) is 0.565. The first-order valence-electron chi connectivity index (χ1n) is 7.15. The maximum Gasteiger partial charge on any atom is 0.407 e. The smallest absolute Gasteiger partial charge is 0.407 e.